The molecule has 132 valence electrons. The molecule has 1 spiro atoms. The van der Waals surface area contributed by atoms with Crippen molar-refractivity contribution >= 4 is 22.6 Å². The molecule has 0 saturated carbocycles. The summed E-state index contributed by atoms with van der Waals surface area (Å²) in [5.41, 5.74) is 0.0883. The quantitative estimate of drug-likeness (QED) is 0.659. The molecule has 2 aliphatic heterocycles. The van der Waals surface area contributed by atoms with Crippen LogP contribution >= 0.6 is 0 Å². The second-order valence-electron chi connectivity index (χ2n) is 5.80. The second-order valence-corrected chi connectivity index (χ2v) is 7.70. The number of piperidine rings is 1. The Bertz CT molecular complexity index is 693. The van der Waals surface area contributed by atoms with E-state index in [9.17, 15) is 18.5 Å². The average Bonchev–Trinajstić information content (AvgIpc) is 3.02. The summed E-state index contributed by atoms with van der Waals surface area (Å²) in [6, 6.07) is 4.05. The normalized spacial score (nSPS) is 21.1. The molecule has 2 N–H and O–H groups in total. The van der Waals surface area contributed by atoms with E-state index in [1.54, 1.807) is 0 Å². The summed E-state index contributed by atoms with van der Waals surface area (Å²) in [5.74, 6) is -0.507. The molecule has 0 aromatic heterocycles. The van der Waals surface area contributed by atoms with Gasteiger partial charge in [-0.15, -0.1) is 0 Å². The fraction of sp³-hybridized carbons (Fsp3) is 0.571. The molecule has 0 bridgehead atoms. The van der Waals surface area contributed by atoms with Crippen LogP contribution in [0, 0.1) is 0 Å². The minimum Gasteiger partial charge on any atom is -0.495 e. The molecule has 1 aromatic rings. The Kier molecular flexibility index (Phi) is 4.87. The number of ether oxygens (including phenoxy) is 3. The van der Waals surface area contributed by atoms with Gasteiger partial charge in [0.25, 0.3) is 0 Å². The molecular weight excluding hydrogens is 337 g/mol. The highest BCUT2D eigenvalue weighted by molar-refractivity contribution is 7.89. The van der Waals surface area contributed by atoms with Crippen LogP contribution < -0.4 is 10.2 Å². The number of hydrogen-bond acceptors (Lipinski definition) is 7. The first-order chi connectivity index (χ1) is 11.4. The van der Waals surface area contributed by atoms with Crippen LogP contribution in [0.1, 0.15) is 12.8 Å². The molecule has 10 heteroatoms. The van der Waals surface area contributed by atoms with E-state index in [0.29, 0.717) is 26.1 Å². The van der Waals surface area contributed by atoms with Gasteiger partial charge in [0.1, 0.15) is 10.6 Å². The highest BCUT2D eigenvalue weighted by Gasteiger charge is 2.43. The van der Waals surface area contributed by atoms with Crippen LogP contribution in [0.4, 0.5) is 0 Å². The Morgan fingerprint density at radius 1 is 1.21 bits per heavy atom. The van der Waals surface area contributed by atoms with Gasteiger partial charge in [-0.1, -0.05) is 6.07 Å². The first-order valence-corrected chi connectivity index (χ1v) is 9.14. The molecule has 3 rings (SSSR count). The topological polar surface area (TPSA) is 106 Å². The summed E-state index contributed by atoms with van der Waals surface area (Å²) in [4.78, 5) is -0.0835. The van der Waals surface area contributed by atoms with E-state index in [2.05, 4.69) is 0 Å². The van der Waals surface area contributed by atoms with Crippen molar-refractivity contribution in [1.82, 2.24) is 4.31 Å². The first kappa shape index (κ1) is 17.7. The van der Waals surface area contributed by atoms with E-state index in [0.717, 1.165) is 0 Å². The average molecular weight is 357 g/mol. The van der Waals surface area contributed by atoms with Gasteiger partial charge in [0.2, 0.25) is 10.0 Å². The highest BCUT2D eigenvalue weighted by Crippen LogP contribution is 2.34. The lowest BCUT2D eigenvalue weighted by Crippen LogP contribution is -2.47. The van der Waals surface area contributed by atoms with Crippen molar-refractivity contribution in [3.63, 3.8) is 0 Å². The van der Waals surface area contributed by atoms with Crippen molar-refractivity contribution in [1.29, 1.82) is 0 Å². The van der Waals surface area contributed by atoms with E-state index in [1.165, 1.54) is 29.6 Å². The minimum absolute atomic E-state index is 0.0835. The number of sulfonamides is 1. The zero-order valence-electron chi connectivity index (χ0n) is 13.3. The summed E-state index contributed by atoms with van der Waals surface area (Å²) in [7, 11) is -4.22. The molecule has 0 aliphatic carbocycles. The van der Waals surface area contributed by atoms with Crippen molar-refractivity contribution in [2.75, 3.05) is 33.4 Å². The third-order valence-electron chi connectivity index (χ3n) is 4.40. The van der Waals surface area contributed by atoms with Crippen LogP contribution in [0.2, 0.25) is 0 Å². The molecule has 0 radical (unpaired) electrons. The molecule has 24 heavy (non-hydrogen) atoms. The molecular formula is C14H20BNO7S. The Balaban J connectivity index is 1.86. The lowest BCUT2D eigenvalue weighted by atomic mass is 9.80. The van der Waals surface area contributed by atoms with Gasteiger partial charge < -0.3 is 24.3 Å². The summed E-state index contributed by atoms with van der Waals surface area (Å²) in [6.07, 6.45) is 0.910. The SMILES string of the molecule is COc1ccc(B(O)O)cc1S(=O)(=O)N1CCC2(CC1)OCCO2. The van der Waals surface area contributed by atoms with Gasteiger partial charge in [-0.25, -0.2) is 8.42 Å². The van der Waals surface area contributed by atoms with E-state index in [1.807, 2.05) is 0 Å². The molecule has 2 saturated heterocycles. The Morgan fingerprint density at radius 3 is 2.38 bits per heavy atom. The smallest absolute Gasteiger partial charge is 0.488 e. The fourth-order valence-electron chi connectivity index (χ4n) is 3.05. The number of rotatable bonds is 4. The highest BCUT2D eigenvalue weighted by atomic mass is 32.2. The number of nitrogens with zero attached hydrogens (tertiary/aromatic N) is 1. The van der Waals surface area contributed by atoms with Crippen molar-refractivity contribution < 1.29 is 32.7 Å². The van der Waals surface area contributed by atoms with Crippen molar-refractivity contribution in [2.24, 2.45) is 0 Å². The molecule has 2 heterocycles. The Hall–Kier alpha value is -1.17. The maximum absolute atomic E-state index is 12.9. The predicted molar refractivity (Wildman–Crippen MR) is 85.4 cm³/mol. The largest absolute Gasteiger partial charge is 0.495 e. The Morgan fingerprint density at radius 2 is 1.83 bits per heavy atom. The van der Waals surface area contributed by atoms with Gasteiger partial charge in [0.15, 0.2) is 5.79 Å². The lowest BCUT2D eigenvalue weighted by molar-refractivity contribution is -0.179. The van der Waals surface area contributed by atoms with Gasteiger partial charge in [-0.2, -0.15) is 4.31 Å². The maximum atomic E-state index is 12.9. The molecule has 8 nitrogen and oxygen atoms in total. The second kappa shape index (κ2) is 6.62. The van der Waals surface area contributed by atoms with Gasteiger partial charge in [0, 0.05) is 25.9 Å². The first-order valence-electron chi connectivity index (χ1n) is 7.70. The van der Waals surface area contributed by atoms with E-state index >= 15 is 0 Å². The minimum atomic E-state index is -3.83. The van der Waals surface area contributed by atoms with Crippen molar-refractivity contribution in [3.05, 3.63) is 18.2 Å². The fourth-order valence-corrected chi connectivity index (χ4v) is 4.68. The van der Waals surface area contributed by atoms with Gasteiger partial charge >= 0.3 is 7.12 Å². The molecule has 0 unspecified atom stereocenters. The van der Waals surface area contributed by atoms with Gasteiger partial charge in [-0.3, -0.25) is 0 Å². The number of methoxy groups -OCH3 is 1. The summed E-state index contributed by atoms with van der Waals surface area (Å²) in [5, 5.41) is 18.6. The van der Waals surface area contributed by atoms with Crippen LogP contribution in [-0.4, -0.2) is 69.1 Å². The van der Waals surface area contributed by atoms with Gasteiger partial charge in [-0.05, 0) is 17.6 Å². The summed E-state index contributed by atoms with van der Waals surface area (Å²) < 4.78 is 43.6. The number of hydrogen-bond donors (Lipinski definition) is 2. The zero-order valence-corrected chi connectivity index (χ0v) is 14.2. The van der Waals surface area contributed by atoms with Crippen molar-refractivity contribution in [3.8, 4) is 5.75 Å². The predicted octanol–water partition coefficient (Wildman–Crippen LogP) is -1.10. The monoisotopic (exact) mass is 357 g/mol. The Labute approximate surface area is 141 Å². The third-order valence-corrected chi connectivity index (χ3v) is 6.32. The summed E-state index contributed by atoms with van der Waals surface area (Å²) in [6.45, 7) is 1.57. The van der Waals surface area contributed by atoms with Crippen LogP contribution in [0.3, 0.4) is 0 Å². The molecule has 0 amide bonds. The van der Waals surface area contributed by atoms with Crippen molar-refractivity contribution in [2.45, 2.75) is 23.5 Å². The number of benzene rings is 1. The standard InChI is InChI=1S/C14H20BNO7S/c1-21-12-3-2-11(15(17)18)10-13(12)24(19,20)16-6-4-14(5-7-16)22-8-9-23-14/h2-3,10,17-18H,4-9H2,1H3. The maximum Gasteiger partial charge on any atom is 0.488 e. The van der Waals surface area contributed by atoms with E-state index < -0.39 is 22.9 Å². The van der Waals surface area contributed by atoms with E-state index in [-0.39, 0.29) is 29.2 Å². The molecule has 0 atom stereocenters. The van der Waals surface area contributed by atoms with E-state index in [4.69, 9.17) is 14.2 Å². The lowest BCUT2D eigenvalue weighted by Gasteiger charge is -2.37. The molecule has 2 fully saturated rings. The van der Waals surface area contributed by atoms with Gasteiger partial charge in [0.05, 0.1) is 20.3 Å². The summed E-state index contributed by atoms with van der Waals surface area (Å²) >= 11 is 0. The van der Waals surface area contributed by atoms with Crippen LogP contribution in [0.5, 0.6) is 5.75 Å². The van der Waals surface area contributed by atoms with Crippen LogP contribution in [0.15, 0.2) is 23.1 Å². The molecule has 2 aliphatic rings. The van der Waals surface area contributed by atoms with Crippen LogP contribution in [-0.2, 0) is 19.5 Å². The van der Waals surface area contributed by atoms with Crippen LogP contribution in [0.25, 0.3) is 0 Å². The third kappa shape index (κ3) is 3.17. The zero-order chi connectivity index (χ0) is 17.4. The molecule has 1 aromatic carbocycles.